The van der Waals surface area contributed by atoms with Gasteiger partial charge in [0.25, 0.3) is 11.7 Å². The Balaban J connectivity index is 2.11. The summed E-state index contributed by atoms with van der Waals surface area (Å²) in [7, 11) is 1.54. The number of likely N-dealkylation sites (tertiary alicyclic amines) is 1. The maximum absolute atomic E-state index is 13.1. The van der Waals surface area contributed by atoms with E-state index in [-0.39, 0.29) is 11.3 Å². The molecule has 1 aliphatic heterocycles. The number of ketones is 1. The summed E-state index contributed by atoms with van der Waals surface area (Å²) in [6.45, 7) is 8.88. The maximum Gasteiger partial charge on any atom is 0.295 e. The normalized spacial score (nSPS) is 18.1. The van der Waals surface area contributed by atoms with Crippen LogP contribution in [0.5, 0.6) is 5.75 Å². The summed E-state index contributed by atoms with van der Waals surface area (Å²) >= 11 is 0. The maximum atomic E-state index is 13.1. The Bertz CT molecular complexity index is 995. The molecule has 1 N–H and O–H groups in total. The minimum atomic E-state index is -0.661. The highest BCUT2D eigenvalue weighted by Gasteiger charge is 2.46. The fourth-order valence-electron chi connectivity index (χ4n) is 4.01. The zero-order valence-electron chi connectivity index (χ0n) is 18.6. The Morgan fingerprint density at radius 1 is 1.10 bits per heavy atom. The summed E-state index contributed by atoms with van der Waals surface area (Å²) in [4.78, 5) is 29.9. The first kappa shape index (κ1) is 22.6. The standard InChI is InChI=1S/C25H30N2O4/c1-5-26(6-2)13-14-27-22(18-10-7-9-17(3)15-18)21(24(29)25(27)30)23(28)19-11-8-12-20(16-19)31-4/h7-12,15-16,22,28H,5-6,13-14H2,1-4H3/b23-21-. The lowest BCUT2D eigenvalue weighted by Gasteiger charge is -2.28. The number of aliphatic hydroxyl groups is 1. The van der Waals surface area contributed by atoms with E-state index in [4.69, 9.17) is 4.74 Å². The highest BCUT2D eigenvalue weighted by Crippen LogP contribution is 2.39. The third-order valence-corrected chi connectivity index (χ3v) is 5.79. The summed E-state index contributed by atoms with van der Waals surface area (Å²) in [6, 6.07) is 14.0. The lowest BCUT2D eigenvalue weighted by molar-refractivity contribution is -0.140. The number of aliphatic hydroxyl groups excluding tert-OH is 1. The topological polar surface area (TPSA) is 70.1 Å². The number of likely N-dealkylation sites (N-methyl/N-ethyl adjacent to an activating group) is 1. The smallest absolute Gasteiger partial charge is 0.295 e. The van der Waals surface area contributed by atoms with Crippen LogP contribution in [0.4, 0.5) is 0 Å². The predicted octanol–water partition coefficient (Wildman–Crippen LogP) is 3.77. The van der Waals surface area contributed by atoms with Crippen molar-refractivity contribution in [1.29, 1.82) is 0 Å². The van der Waals surface area contributed by atoms with Gasteiger partial charge in [-0.25, -0.2) is 0 Å². The highest BCUT2D eigenvalue weighted by atomic mass is 16.5. The zero-order valence-corrected chi connectivity index (χ0v) is 18.6. The number of carbonyl (C=O) groups excluding carboxylic acids is 2. The molecular weight excluding hydrogens is 392 g/mol. The monoisotopic (exact) mass is 422 g/mol. The molecule has 0 aliphatic carbocycles. The van der Waals surface area contributed by atoms with Gasteiger partial charge in [-0.05, 0) is 37.7 Å². The Hall–Kier alpha value is -3.12. The molecule has 0 radical (unpaired) electrons. The highest BCUT2D eigenvalue weighted by molar-refractivity contribution is 6.46. The number of rotatable bonds is 8. The first-order valence-electron chi connectivity index (χ1n) is 10.6. The van der Waals surface area contributed by atoms with Crippen molar-refractivity contribution in [2.45, 2.75) is 26.8 Å². The van der Waals surface area contributed by atoms with Crippen LogP contribution in [0.3, 0.4) is 0 Å². The molecule has 0 bridgehead atoms. The van der Waals surface area contributed by atoms with Gasteiger partial charge >= 0.3 is 0 Å². The molecule has 31 heavy (non-hydrogen) atoms. The number of hydrogen-bond donors (Lipinski definition) is 1. The van der Waals surface area contributed by atoms with Crippen molar-refractivity contribution in [1.82, 2.24) is 9.80 Å². The van der Waals surface area contributed by atoms with Crippen LogP contribution in [0.1, 0.15) is 36.6 Å². The lowest BCUT2D eigenvalue weighted by Crippen LogP contribution is -2.38. The number of ether oxygens (including phenoxy) is 1. The summed E-state index contributed by atoms with van der Waals surface area (Å²) in [6.07, 6.45) is 0. The van der Waals surface area contributed by atoms with Crippen LogP contribution in [0.15, 0.2) is 54.1 Å². The number of aryl methyl sites for hydroxylation is 1. The fourth-order valence-corrected chi connectivity index (χ4v) is 4.01. The molecule has 164 valence electrons. The summed E-state index contributed by atoms with van der Waals surface area (Å²) in [5, 5.41) is 11.1. The van der Waals surface area contributed by atoms with Crippen molar-refractivity contribution in [2.75, 3.05) is 33.3 Å². The van der Waals surface area contributed by atoms with E-state index >= 15 is 0 Å². The molecule has 1 atom stereocenters. The van der Waals surface area contributed by atoms with Crippen molar-refractivity contribution in [2.24, 2.45) is 0 Å². The lowest BCUT2D eigenvalue weighted by atomic mass is 9.94. The second-order valence-electron chi connectivity index (χ2n) is 7.67. The minimum Gasteiger partial charge on any atom is -0.507 e. The number of methoxy groups -OCH3 is 1. The fraction of sp³-hybridized carbons (Fsp3) is 0.360. The Labute approximate surface area is 183 Å². The van der Waals surface area contributed by atoms with Gasteiger partial charge in [-0.3, -0.25) is 9.59 Å². The molecule has 1 saturated heterocycles. The molecule has 1 heterocycles. The minimum absolute atomic E-state index is 0.114. The van der Waals surface area contributed by atoms with Crippen molar-refractivity contribution >= 4 is 17.4 Å². The van der Waals surface area contributed by atoms with Gasteiger partial charge in [0.1, 0.15) is 11.5 Å². The van der Waals surface area contributed by atoms with Crippen molar-refractivity contribution in [3.8, 4) is 5.75 Å². The molecule has 0 spiro atoms. The van der Waals surface area contributed by atoms with Gasteiger partial charge < -0.3 is 19.6 Å². The van der Waals surface area contributed by atoms with E-state index in [1.165, 1.54) is 7.11 Å². The number of Topliss-reactive ketones (excluding diaryl/α,β-unsaturated/α-hetero) is 1. The van der Waals surface area contributed by atoms with Gasteiger partial charge in [-0.1, -0.05) is 55.8 Å². The van der Waals surface area contributed by atoms with Crippen LogP contribution in [0.2, 0.25) is 0 Å². The molecule has 1 unspecified atom stereocenters. The van der Waals surface area contributed by atoms with Gasteiger partial charge in [0.2, 0.25) is 0 Å². The van der Waals surface area contributed by atoms with Gasteiger partial charge in [-0.15, -0.1) is 0 Å². The molecule has 2 aromatic carbocycles. The van der Waals surface area contributed by atoms with E-state index in [1.807, 2.05) is 31.2 Å². The second kappa shape index (κ2) is 9.79. The Morgan fingerprint density at radius 3 is 2.45 bits per heavy atom. The number of carbonyl (C=O) groups is 2. The third kappa shape index (κ3) is 4.64. The number of nitrogens with zero attached hydrogens (tertiary/aromatic N) is 2. The predicted molar refractivity (Wildman–Crippen MR) is 121 cm³/mol. The number of benzene rings is 2. The molecule has 1 amide bonds. The van der Waals surface area contributed by atoms with Gasteiger partial charge in [0.05, 0.1) is 18.7 Å². The van der Waals surface area contributed by atoms with E-state index in [0.29, 0.717) is 24.4 Å². The molecule has 6 nitrogen and oxygen atoms in total. The van der Waals surface area contributed by atoms with Crippen LogP contribution < -0.4 is 4.74 Å². The number of amides is 1. The van der Waals surface area contributed by atoms with E-state index in [1.54, 1.807) is 29.2 Å². The van der Waals surface area contributed by atoms with Crippen LogP contribution in [-0.2, 0) is 9.59 Å². The molecule has 0 aromatic heterocycles. The molecule has 0 saturated carbocycles. The van der Waals surface area contributed by atoms with Crippen LogP contribution in [0, 0.1) is 6.92 Å². The Kier molecular flexibility index (Phi) is 7.13. The summed E-state index contributed by atoms with van der Waals surface area (Å²) in [5.41, 5.74) is 2.39. The SMILES string of the molecule is CCN(CC)CCN1C(=O)C(=O)/C(=C(\O)c2cccc(OC)c2)C1c1cccc(C)c1. The summed E-state index contributed by atoms with van der Waals surface area (Å²) in [5.74, 6) is -0.865. The van der Waals surface area contributed by atoms with Crippen molar-refractivity contribution in [3.05, 3.63) is 70.8 Å². The molecule has 1 aliphatic rings. The molecule has 6 heteroatoms. The van der Waals surface area contributed by atoms with Crippen LogP contribution in [0.25, 0.3) is 5.76 Å². The molecule has 3 rings (SSSR count). The van der Waals surface area contributed by atoms with E-state index in [9.17, 15) is 14.7 Å². The van der Waals surface area contributed by atoms with Gasteiger partial charge in [-0.2, -0.15) is 0 Å². The van der Waals surface area contributed by atoms with Gasteiger partial charge in [0.15, 0.2) is 0 Å². The van der Waals surface area contributed by atoms with E-state index in [0.717, 1.165) is 24.2 Å². The molecular formula is C25H30N2O4. The zero-order chi connectivity index (χ0) is 22.5. The van der Waals surface area contributed by atoms with E-state index < -0.39 is 17.7 Å². The van der Waals surface area contributed by atoms with Gasteiger partial charge in [0, 0.05) is 18.7 Å². The largest absolute Gasteiger partial charge is 0.507 e. The average Bonchev–Trinajstić information content (AvgIpc) is 3.04. The average molecular weight is 423 g/mol. The summed E-state index contributed by atoms with van der Waals surface area (Å²) < 4.78 is 5.25. The second-order valence-corrected chi connectivity index (χ2v) is 7.67. The first-order chi connectivity index (χ1) is 14.9. The van der Waals surface area contributed by atoms with Crippen LogP contribution in [-0.4, -0.2) is 59.9 Å². The molecule has 1 fully saturated rings. The molecule has 2 aromatic rings. The Morgan fingerprint density at radius 2 is 1.81 bits per heavy atom. The van der Waals surface area contributed by atoms with E-state index in [2.05, 4.69) is 18.7 Å². The number of hydrogen-bond acceptors (Lipinski definition) is 5. The third-order valence-electron chi connectivity index (χ3n) is 5.79. The van der Waals surface area contributed by atoms with Crippen LogP contribution >= 0.6 is 0 Å². The van der Waals surface area contributed by atoms with Crippen molar-refractivity contribution in [3.63, 3.8) is 0 Å². The quantitative estimate of drug-likeness (QED) is 0.398. The first-order valence-corrected chi connectivity index (χ1v) is 10.6. The van der Waals surface area contributed by atoms with Crippen molar-refractivity contribution < 1.29 is 19.4 Å².